The van der Waals surface area contributed by atoms with Gasteiger partial charge in [-0.25, -0.2) is 17.9 Å². The predicted octanol–water partition coefficient (Wildman–Crippen LogP) is 0.139. The molecule has 0 aliphatic rings. The van der Waals surface area contributed by atoms with Crippen LogP contribution in [-0.2, 0) is 16.6 Å². The highest BCUT2D eigenvalue weighted by Gasteiger charge is 2.20. The second kappa shape index (κ2) is 5.64. The van der Waals surface area contributed by atoms with Gasteiger partial charge in [0.15, 0.2) is 5.82 Å². The number of hydrogen-bond acceptors (Lipinski definition) is 6. The largest absolute Gasteiger partial charge is 0.478 e. The number of H-pyrrole nitrogens is 1. The maximum atomic E-state index is 12.1. The van der Waals surface area contributed by atoms with Crippen molar-refractivity contribution in [2.24, 2.45) is 0 Å². The first-order valence-corrected chi connectivity index (χ1v) is 7.42. The van der Waals surface area contributed by atoms with E-state index in [0.717, 1.165) is 6.07 Å². The van der Waals surface area contributed by atoms with Gasteiger partial charge in [-0.15, -0.1) is 10.2 Å². The molecule has 0 aliphatic heterocycles. The van der Waals surface area contributed by atoms with E-state index in [9.17, 15) is 13.2 Å². The van der Waals surface area contributed by atoms with Crippen LogP contribution in [0, 0.1) is 0 Å². The van der Waals surface area contributed by atoms with Crippen molar-refractivity contribution in [2.45, 2.75) is 11.4 Å². The number of halogens is 1. The summed E-state index contributed by atoms with van der Waals surface area (Å²) in [4.78, 5) is 10.7. The number of tetrazole rings is 1. The van der Waals surface area contributed by atoms with Crippen molar-refractivity contribution in [3.8, 4) is 0 Å². The number of carboxylic acid groups (broad SMARTS) is 1. The number of carboxylic acids is 1. The zero-order valence-corrected chi connectivity index (χ0v) is 12.1. The number of nitrogens with one attached hydrogen (secondary N) is 2. The summed E-state index contributed by atoms with van der Waals surface area (Å²) in [6.45, 7) is -0.164. The molecular formula is C9H8BrN5O4S. The lowest BCUT2D eigenvalue weighted by Crippen LogP contribution is -2.24. The summed E-state index contributed by atoms with van der Waals surface area (Å²) in [5.74, 6) is -1.05. The molecule has 0 aliphatic carbocycles. The molecule has 3 N–H and O–H groups in total. The van der Waals surface area contributed by atoms with Crippen LogP contribution in [0.1, 0.15) is 16.2 Å². The summed E-state index contributed by atoms with van der Waals surface area (Å²) < 4.78 is 26.7. The van der Waals surface area contributed by atoms with Gasteiger partial charge in [0.2, 0.25) is 10.0 Å². The van der Waals surface area contributed by atoms with Crippen LogP contribution in [0.4, 0.5) is 0 Å². The highest BCUT2D eigenvalue weighted by Crippen LogP contribution is 2.23. The average Bonchev–Trinajstić information content (AvgIpc) is 2.89. The standard InChI is InChI=1S/C9H8BrN5O4S/c10-6-2-1-5(9(16)17)3-7(6)20(18,19)11-4-8-12-14-15-13-8/h1-3,11H,4H2,(H,16,17)(H,12,13,14,15). The van der Waals surface area contributed by atoms with Crippen LogP contribution in [0.25, 0.3) is 0 Å². The Morgan fingerprint density at radius 3 is 2.80 bits per heavy atom. The van der Waals surface area contributed by atoms with Gasteiger partial charge in [0.1, 0.15) is 0 Å². The Labute approximate surface area is 121 Å². The Morgan fingerprint density at radius 1 is 1.45 bits per heavy atom. The minimum atomic E-state index is -3.90. The van der Waals surface area contributed by atoms with E-state index in [1.807, 2.05) is 0 Å². The molecule has 0 spiro atoms. The third kappa shape index (κ3) is 3.18. The van der Waals surface area contributed by atoms with Crippen molar-refractivity contribution in [2.75, 3.05) is 0 Å². The van der Waals surface area contributed by atoms with E-state index < -0.39 is 16.0 Å². The van der Waals surface area contributed by atoms with E-state index in [-0.39, 0.29) is 27.3 Å². The van der Waals surface area contributed by atoms with Crippen LogP contribution < -0.4 is 4.72 Å². The fraction of sp³-hybridized carbons (Fsp3) is 0.111. The molecule has 0 atom stereocenters. The Bertz CT molecular complexity index is 731. The van der Waals surface area contributed by atoms with E-state index in [4.69, 9.17) is 5.11 Å². The van der Waals surface area contributed by atoms with E-state index in [1.54, 1.807) is 0 Å². The van der Waals surface area contributed by atoms with Crippen molar-refractivity contribution in [1.82, 2.24) is 25.3 Å². The molecule has 20 heavy (non-hydrogen) atoms. The molecule has 1 aromatic carbocycles. The summed E-state index contributed by atoms with van der Waals surface area (Å²) in [6, 6.07) is 3.71. The SMILES string of the molecule is O=C(O)c1ccc(Br)c(S(=O)(=O)NCc2nn[nH]n2)c1. The predicted molar refractivity (Wildman–Crippen MR) is 69.3 cm³/mol. The topological polar surface area (TPSA) is 138 Å². The second-order valence-electron chi connectivity index (χ2n) is 3.60. The molecule has 1 heterocycles. The van der Waals surface area contributed by atoms with Gasteiger partial charge in [-0.1, -0.05) is 5.21 Å². The first-order valence-electron chi connectivity index (χ1n) is 5.15. The Morgan fingerprint density at radius 2 is 2.20 bits per heavy atom. The van der Waals surface area contributed by atoms with Gasteiger partial charge in [-0.3, -0.25) is 0 Å². The van der Waals surface area contributed by atoms with Crippen LogP contribution in [0.3, 0.4) is 0 Å². The maximum absolute atomic E-state index is 12.1. The van der Waals surface area contributed by atoms with Gasteiger partial charge in [-0.2, -0.15) is 5.21 Å². The number of sulfonamides is 1. The number of aromatic nitrogens is 4. The van der Waals surface area contributed by atoms with E-state index in [2.05, 4.69) is 41.3 Å². The van der Waals surface area contributed by atoms with Gasteiger partial charge in [-0.05, 0) is 34.1 Å². The fourth-order valence-corrected chi connectivity index (χ4v) is 3.30. The molecule has 0 unspecified atom stereocenters. The summed E-state index contributed by atoms with van der Waals surface area (Å²) in [5.41, 5.74) is -0.131. The molecule has 9 nitrogen and oxygen atoms in total. The number of benzene rings is 1. The summed E-state index contributed by atoms with van der Waals surface area (Å²) >= 11 is 3.07. The lowest BCUT2D eigenvalue weighted by Gasteiger charge is -2.07. The maximum Gasteiger partial charge on any atom is 0.335 e. The summed E-state index contributed by atoms with van der Waals surface area (Å²) in [7, 11) is -3.90. The lowest BCUT2D eigenvalue weighted by molar-refractivity contribution is 0.0696. The quantitative estimate of drug-likeness (QED) is 0.688. The third-order valence-corrected chi connectivity index (χ3v) is 4.67. The normalized spacial score (nSPS) is 11.4. The highest BCUT2D eigenvalue weighted by atomic mass is 79.9. The smallest absolute Gasteiger partial charge is 0.335 e. The minimum Gasteiger partial charge on any atom is -0.478 e. The van der Waals surface area contributed by atoms with Gasteiger partial charge < -0.3 is 5.11 Å². The van der Waals surface area contributed by atoms with Crippen LogP contribution in [0.2, 0.25) is 0 Å². The van der Waals surface area contributed by atoms with Crippen molar-refractivity contribution in [3.05, 3.63) is 34.1 Å². The number of carbonyl (C=O) groups is 1. The molecule has 1 aromatic heterocycles. The molecule has 0 amide bonds. The number of aromatic carboxylic acids is 1. The van der Waals surface area contributed by atoms with Gasteiger partial charge in [0, 0.05) is 4.47 Å². The molecule has 0 saturated carbocycles. The van der Waals surface area contributed by atoms with Crippen LogP contribution >= 0.6 is 15.9 Å². The molecule has 0 radical (unpaired) electrons. The van der Waals surface area contributed by atoms with Crippen molar-refractivity contribution >= 4 is 31.9 Å². The average molecular weight is 362 g/mol. The minimum absolute atomic E-state index is 0.131. The molecule has 106 valence electrons. The number of nitrogens with zero attached hydrogens (tertiary/aromatic N) is 3. The Kier molecular flexibility index (Phi) is 4.11. The zero-order valence-electron chi connectivity index (χ0n) is 9.74. The first kappa shape index (κ1) is 14.6. The molecule has 2 rings (SSSR count). The highest BCUT2D eigenvalue weighted by molar-refractivity contribution is 9.10. The Hall–Kier alpha value is -1.85. The van der Waals surface area contributed by atoms with Crippen molar-refractivity contribution in [3.63, 3.8) is 0 Å². The zero-order chi connectivity index (χ0) is 14.8. The molecule has 0 fully saturated rings. The van der Waals surface area contributed by atoms with Gasteiger partial charge in [0.25, 0.3) is 0 Å². The number of rotatable bonds is 5. The summed E-state index contributed by atoms with van der Waals surface area (Å²) in [6.07, 6.45) is 0. The van der Waals surface area contributed by atoms with Crippen LogP contribution in [0.5, 0.6) is 0 Å². The van der Waals surface area contributed by atoms with Gasteiger partial charge >= 0.3 is 5.97 Å². The first-order chi connectivity index (χ1) is 9.40. The van der Waals surface area contributed by atoms with Crippen molar-refractivity contribution < 1.29 is 18.3 Å². The Balaban J connectivity index is 2.28. The molecule has 0 saturated heterocycles. The fourth-order valence-electron chi connectivity index (χ4n) is 1.34. The third-order valence-electron chi connectivity index (χ3n) is 2.28. The lowest BCUT2D eigenvalue weighted by atomic mass is 10.2. The van der Waals surface area contributed by atoms with E-state index >= 15 is 0 Å². The monoisotopic (exact) mass is 361 g/mol. The van der Waals surface area contributed by atoms with Crippen LogP contribution in [0.15, 0.2) is 27.6 Å². The van der Waals surface area contributed by atoms with Crippen molar-refractivity contribution in [1.29, 1.82) is 0 Å². The number of hydrogen-bond donors (Lipinski definition) is 3. The van der Waals surface area contributed by atoms with Gasteiger partial charge in [0.05, 0.1) is 17.0 Å². The van der Waals surface area contributed by atoms with Crippen LogP contribution in [-0.4, -0.2) is 40.1 Å². The number of aromatic amines is 1. The second-order valence-corrected chi connectivity index (χ2v) is 6.19. The molecule has 2 aromatic rings. The summed E-state index contributed by atoms with van der Waals surface area (Å²) in [5, 5.41) is 21.6. The van der Waals surface area contributed by atoms with E-state index in [1.165, 1.54) is 12.1 Å². The van der Waals surface area contributed by atoms with E-state index in [0.29, 0.717) is 0 Å². The molecular weight excluding hydrogens is 354 g/mol. The molecule has 0 bridgehead atoms. The molecule has 11 heteroatoms.